The molecular weight excluding hydrogens is 370 g/mol. The van der Waals surface area contributed by atoms with Crippen molar-refractivity contribution in [2.24, 2.45) is 0 Å². The molecule has 144 valence electrons. The summed E-state index contributed by atoms with van der Waals surface area (Å²) in [6.45, 7) is 3.31. The van der Waals surface area contributed by atoms with Gasteiger partial charge in [0.25, 0.3) is 5.56 Å². The van der Waals surface area contributed by atoms with E-state index >= 15 is 0 Å². The smallest absolute Gasteiger partial charge is 0.262 e. The van der Waals surface area contributed by atoms with E-state index in [1.807, 2.05) is 35.2 Å². The first-order chi connectivity index (χ1) is 13.7. The van der Waals surface area contributed by atoms with Gasteiger partial charge in [-0.2, -0.15) is 0 Å². The third-order valence-corrected chi connectivity index (χ3v) is 7.07. The van der Waals surface area contributed by atoms with Gasteiger partial charge in [-0.05, 0) is 36.8 Å². The number of thiophene rings is 1. The van der Waals surface area contributed by atoms with Gasteiger partial charge in [0.1, 0.15) is 4.83 Å². The number of aromatic nitrogens is 2. The van der Waals surface area contributed by atoms with E-state index in [1.54, 1.807) is 22.2 Å². The highest BCUT2D eigenvalue weighted by Crippen LogP contribution is 2.36. The van der Waals surface area contributed by atoms with Gasteiger partial charge in [-0.25, -0.2) is 4.98 Å². The number of hydrogen-bond donors (Lipinski definition) is 0. The molecule has 3 heterocycles. The van der Waals surface area contributed by atoms with Gasteiger partial charge in [0.2, 0.25) is 5.91 Å². The summed E-state index contributed by atoms with van der Waals surface area (Å²) in [7, 11) is 0. The second-order valence-corrected chi connectivity index (χ2v) is 8.84. The molecule has 3 aromatic rings. The maximum Gasteiger partial charge on any atom is 0.262 e. The Balaban J connectivity index is 1.46. The molecule has 1 saturated carbocycles. The summed E-state index contributed by atoms with van der Waals surface area (Å²) in [6.07, 6.45) is 5.36. The highest BCUT2D eigenvalue weighted by Gasteiger charge is 2.31. The number of amides is 1. The van der Waals surface area contributed by atoms with Gasteiger partial charge in [0, 0.05) is 17.5 Å². The molecule has 0 N–H and O–H groups in total. The minimum atomic E-state index is -0.109. The quantitative estimate of drug-likeness (QED) is 0.676. The molecule has 0 unspecified atom stereocenters. The maximum absolute atomic E-state index is 13.2. The minimum Gasteiger partial charge on any atom is -0.337 e. The molecule has 28 heavy (non-hydrogen) atoms. The van der Waals surface area contributed by atoms with E-state index in [0.717, 1.165) is 51.9 Å². The highest BCUT2D eigenvalue weighted by atomic mass is 32.1. The Morgan fingerprint density at radius 3 is 2.79 bits per heavy atom. The number of fused-ring (bicyclic) bond motifs is 3. The van der Waals surface area contributed by atoms with Crippen LogP contribution in [0.4, 0.5) is 0 Å². The van der Waals surface area contributed by atoms with Crippen LogP contribution in [0.15, 0.2) is 41.5 Å². The second kappa shape index (κ2) is 6.85. The number of carbonyl (C=O) groups is 1. The second-order valence-electron chi connectivity index (χ2n) is 7.75. The summed E-state index contributed by atoms with van der Waals surface area (Å²) < 4.78 is 1.80. The van der Waals surface area contributed by atoms with Crippen LogP contribution in [0.3, 0.4) is 0 Å². The van der Waals surface area contributed by atoms with E-state index in [-0.39, 0.29) is 17.4 Å². The Morgan fingerprint density at radius 1 is 1.29 bits per heavy atom. The minimum absolute atomic E-state index is 0.0977. The Morgan fingerprint density at radius 2 is 2.07 bits per heavy atom. The summed E-state index contributed by atoms with van der Waals surface area (Å²) in [6, 6.07) is 10.4. The molecule has 1 fully saturated rings. The van der Waals surface area contributed by atoms with Crippen molar-refractivity contribution in [2.45, 2.75) is 51.1 Å². The lowest BCUT2D eigenvalue weighted by molar-refractivity contribution is -0.133. The molecule has 6 heteroatoms. The van der Waals surface area contributed by atoms with Gasteiger partial charge in [-0.15, -0.1) is 11.3 Å². The monoisotopic (exact) mass is 393 g/mol. The van der Waals surface area contributed by atoms with E-state index in [9.17, 15) is 9.59 Å². The van der Waals surface area contributed by atoms with Gasteiger partial charge in [0.15, 0.2) is 0 Å². The van der Waals surface area contributed by atoms with Crippen LogP contribution >= 0.6 is 11.3 Å². The third-order valence-electron chi connectivity index (χ3n) is 5.95. The van der Waals surface area contributed by atoms with Gasteiger partial charge in [-0.3, -0.25) is 14.2 Å². The molecule has 1 aliphatic carbocycles. The molecule has 0 saturated heterocycles. The summed E-state index contributed by atoms with van der Waals surface area (Å²) in [5, 5.41) is 0.789. The highest BCUT2D eigenvalue weighted by molar-refractivity contribution is 7.18. The van der Waals surface area contributed by atoms with Crippen molar-refractivity contribution in [2.75, 3.05) is 6.54 Å². The largest absolute Gasteiger partial charge is 0.337 e. The molecule has 1 amide bonds. The normalized spacial score (nSPS) is 17.5. The zero-order valence-electron chi connectivity index (χ0n) is 15.9. The molecule has 2 aliphatic rings. The first-order valence-electron chi connectivity index (χ1n) is 10.0. The number of benzene rings is 1. The predicted molar refractivity (Wildman–Crippen MR) is 111 cm³/mol. The Kier molecular flexibility index (Phi) is 4.31. The zero-order valence-corrected chi connectivity index (χ0v) is 16.7. The fourth-order valence-electron chi connectivity index (χ4n) is 4.26. The molecule has 5 nitrogen and oxygen atoms in total. The van der Waals surface area contributed by atoms with Crippen molar-refractivity contribution >= 4 is 27.5 Å². The van der Waals surface area contributed by atoms with Crippen LogP contribution in [0.5, 0.6) is 0 Å². The van der Waals surface area contributed by atoms with Crippen LogP contribution in [0.25, 0.3) is 10.2 Å². The predicted octanol–water partition coefficient (Wildman–Crippen LogP) is 3.87. The lowest BCUT2D eigenvalue weighted by Crippen LogP contribution is -2.38. The van der Waals surface area contributed by atoms with Crippen LogP contribution in [0, 0.1) is 0 Å². The summed E-state index contributed by atoms with van der Waals surface area (Å²) in [4.78, 5) is 34.6. The average molecular weight is 394 g/mol. The topological polar surface area (TPSA) is 55.2 Å². The first-order valence-corrected chi connectivity index (χ1v) is 10.8. The molecule has 5 rings (SSSR count). The number of hydrogen-bond acceptors (Lipinski definition) is 4. The first kappa shape index (κ1) is 17.6. The van der Waals surface area contributed by atoms with E-state index in [1.165, 1.54) is 0 Å². The molecule has 0 radical (unpaired) electrons. The van der Waals surface area contributed by atoms with Crippen LogP contribution in [0.2, 0.25) is 0 Å². The van der Waals surface area contributed by atoms with Crippen molar-refractivity contribution in [3.63, 3.8) is 0 Å². The Hall–Kier alpha value is -2.47. The van der Waals surface area contributed by atoms with Crippen molar-refractivity contribution < 1.29 is 4.79 Å². The standard InChI is InChI=1S/C22H23N3O2S/c1-2-16(14-6-4-3-5-7-14)21(26)24-11-10-17-18(12-24)28-20-19(17)22(27)25(13-23-20)15-8-9-15/h3-7,13,15-16H,2,8-12H2,1H3/t16-/m1/s1. The van der Waals surface area contributed by atoms with E-state index < -0.39 is 0 Å². The van der Waals surface area contributed by atoms with Crippen molar-refractivity contribution in [3.8, 4) is 0 Å². The van der Waals surface area contributed by atoms with Gasteiger partial charge < -0.3 is 4.90 Å². The molecule has 1 atom stereocenters. The summed E-state index contributed by atoms with van der Waals surface area (Å²) in [5.41, 5.74) is 2.29. The molecule has 0 bridgehead atoms. The fourth-order valence-corrected chi connectivity index (χ4v) is 5.45. The van der Waals surface area contributed by atoms with Crippen LogP contribution in [0.1, 0.15) is 54.1 Å². The number of nitrogens with zero attached hydrogens (tertiary/aromatic N) is 3. The number of carbonyl (C=O) groups excluding carboxylic acids is 1. The van der Waals surface area contributed by atoms with E-state index in [4.69, 9.17) is 0 Å². The van der Waals surface area contributed by atoms with Gasteiger partial charge in [0.05, 0.1) is 24.2 Å². The van der Waals surface area contributed by atoms with E-state index in [2.05, 4.69) is 11.9 Å². The average Bonchev–Trinajstić information content (AvgIpc) is 3.49. The van der Waals surface area contributed by atoms with Gasteiger partial charge >= 0.3 is 0 Å². The zero-order chi connectivity index (χ0) is 19.3. The lowest BCUT2D eigenvalue weighted by atomic mass is 9.94. The fraction of sp³-hybridized carbons (Fsp3) is 0.409. The number of rotatable bonds is 4. The SMILES string of the molecule is CC[C@@H](C(=O)N1CCc2c(sc3ncn(C4CC4)c(=O)c23)C1)c1ccccc1. The summed E-state index contributed by atoms with van der Waals surface area (Å²) >= 11 is 1.57. The van der Waals surface area contributed by atoms with E-state index in [0.29, 0.717) is 19.1 Å². The maximum atomic E-state index is 13.2. The van der Waals surface area contributed by atoms with Gasteiger partial charge in [-0.1, -0.05) is 37.3 Å². The van der Waals surface area contributed by atoms with Crippen molar-refractivity contribution in [3.05, 3.63) is 63.0 Å². The van der Waals surface area contributed by atoms with Crippen molar-refractivity contribution in [1.29, 1.82) is 0 Å². The molecule has 2 aromatic heterocycles. The third kappa shape index (κ3) is 2.87. The Bertz CT molecular complexity index is 1100. The van der Waals surface area contributed by atoms with Crippen LogP contribution < -0.4 is 5.56 Å². The molecule has 0 spiro atoms. The lowest BCUT2D eigenvalue weighted by Gasteiger charge is -2.30. The molecule has 1 aliphatic heterocycles. The summed E-state index contributed by atoms with van der Waals surface area (Å²) in [5.74, 6) is 0.0718. The Labute approximate surface area is 167 Å². The van der Waals surface area contributed by atoms with Crippen LogP contribution in [-0.2, 0) is 17.8 Å². The molecular formula is C22H23N3O2S. The van der Waals surface area contributed by atoms with Crippen LogP contribution in [-0.4, -0.2) is 26.9 Å². The van der Waals surface area contributed by atoms with Crippen molar-refractivity contribution in [1.82, 2.24) is 14.5 Å². The molecule has 1 aromatic carbocycles.